The number of alkyl halides is 3. The summed E-state index contributed by atoms with van der Waals surface area (Å²) in [6.07, 6.45) is 3.01. The summed E-state index contributed by atoms with van der Waals surface area (Å²) in [6.45, 7) is 7.17. The number of rotatable bonds is 8. The van der Waals surface area contributed by atoms with Crippen LogP contribution in [0.5, 0.6) is 6.01 Å². The largest absolute Gasteiger partial charge is 0.461 e. The van der Waals surface area contributed by atoms with E-state index < -0.39 is 29.0 Å². The summed E-state index contributed by atoms with van der Waals surface area (Å²) in [5.41, 5.74) is 2.89. The molecule has 14 heteroatoms. The third-order valence-electron chi connectivity index (χ3n) is 8.99. The normalized spacial score (nSPS) is 22.0. The monoisotopic (exact) mass is 618 g/mol. The van der Waals surface area contributed by atoms with E-state index >= 15 is 4.39 Å². The number of pyridine rings is 1. The van der Waals surface area contributed by atoms with E-state index in [0.717, 1.165) is 64.2 Å². The Kier molecular flexibility index (Phi) is 8.40. The SMILES string of the molecule is CCCNCC1CCCc2nc(C3=NOC(N)=CC(C)=C3C(F)(F)F)c(F)c3nc(OCC45CCCN4CCC5)nc(c23)N1. The van der Waals surface area contributed by atoms with Crippen LogP contribution in [0, 0.1) is 5.82 Å². The fourth-order valence-corrected chi connectivity index (χ4v) is 6.94. The van der Waals surface area contributed by atoms with Crippen LogP contribution >= 0.6 is 0 Å². The average molecular weight is 619 g/mol. The summed E-state index contributed by atoms with van der Waals surface area (Å²) >= 11 is 0. The van der Waals surface area contributed by atoms with Crippen molar-refractivity contribution in [2.75, 3.05) is 38.1 Å². The van der Waals surface area contributed by atoms with Crippen LogP contribution in [-0.4, -0.2) is 76.1 Å². The predicted octanol–water partition coefficient (Wildman–Crippen LogP) is 4.70. The molecule has 2 fully saturated rings. The summed E-state index contributed by atoms with van der Waals surface area (Å²) in [6, 6.07) is -0.0538. The van der Waals surface area contributed by atoms with E-state index in [0.29, 0.717) is 42.9 Å². The van der Waals surface area contributed by atoms with Gasteiger partial charge in [0.25, 0.3) is 0 Å². The van der Waals surface area contributed by atoms with E-state index in [1.807, 2.05) is 0 Å². The Morgan fingerprint density at radius 2 is 1.95 bits per heavy atom. The fourth-order valence-electron chi connectivity index (χ4n) is 6.94. The lowest BCUT2D eigenvalue weighted by atomic mass is 9.95. The lowest BCUT2D eigenvalue weighted by Crippen LogP contribution is -2.43. The van der Waals surface area contributed by atoms with Gasteiger partial charge in [0.1, 0.15) is 29.3 Å². The molecule has 10 nitrogen and oxygen atoms in total. The van der Waals surface area contributed by atoms with Gasteiger partial charge in [0.2, 0.25) is 5.88 Å². The van der Waals surface area contributed by atoms with Gasteiger partial charge in [-0.15, -0.1) is 0 Å². The minimum atomic E-state index is -4.89. The van der Waals surface area contributed by atoms with E-state index in [9.17, 15) is 13.2 Å². The molecule has 4 aliphatic rings. The molecule has 0 amide bonds. The average Bonchev–Trinajstić information content (AvgIpc) is 3.49. The number of anilines is 1. The molecule has 0 spiro atoms. The number of hydrogen-bond acceptors (Lipinski definition) is 10. The number of aromatic nitrogens is 3. The number of hydrogen-bond donors (Lipinski definition) is 3. The van der Waals surface area contributed by atoms with Gasteiger partial charge in [-0.05, 0) is 83.5 Å². The van der Waals surface area contributed by atoms with Gasteiger partial charge in [-0.3, -0.25) is 4.90 Å². The first-order chi connectivity index (χ1) is 21.1. The zero-order valence-corrected chi connectivity index (χ0v) is 25.0. The van der Waals surface area contributed by atoms with Crippen molar-refractivity contribution in [1.82, 2.24) is 25.2 Å². The maximum Gasteiger partial charge on any atom is 0.418 e. The highest BCUT2D eigenvalue weighted by Crippen LogP contribution is 2.40. The Morgan fingerprint density at radius 1 is 1.18 bits per heavy atom. The molecular weight excluding hydrogens is 580 g/mol. The Balaban J connectivity index is 1.47. The summed E-state index contributed by atoms with van der Waals surface area (Å²) in [5.74, 6) is -1.07. The van der Waals surface area contributed by atoms with Crippen molar-refractivity contribution < 1.29 is 27.1 Å². The molecule has 6 heterocycles. The highest BCUT2D eigenvalue weighted by atomic mass is 19.4. The van der Waals surface area contributed by atoms with E-state index in [-0.39, 0.29) is 34.6 Å². The number of fused-ring (bicyclic) bond motifs is 1. The Morgan fingerprint density at radius 3 is 2.68 bits per heavy atom. The molecule has 0 aliphatic carbocycles. The van der Waals surface area contributed by atoms with E-state index in [2.05, 4.69) is 37.6 Å². The van der Waals surface area contributed by atoms with Crippen LogP contribution in [0.4, 0.5) is 23.4 Å². The molecule has 0 saturated carbocycles. The van der Waals surface area contributed by atoms with Crippen LogP contribution in [0.1, 0.15) is 70.2 Å². The summed E-state index contributed by atoms with van der Waals surface area (Å²) < 4.78 is 65.9. The van der Waals surface area contributed by atoms with Crippen LogP contribution in [0.2, 0.25) is 0 Å². The Hall–Kier alpha value is -3.52. The zero-order valence-electron chi connectivity index (χ0n) is 25.0. The van der Waals surface area contributed by atoms with Crippen molar-refractivity contribution in [2.45, 2.75) is 83.0 Å². The highest BCUT2D eigenvalue weighted by molar-refractivity contribution is 6.14. The summed E-state index contributed by atoms with van der Waals surface area (Å²) in [4.78, 5) is 21.0. The van der Waals surface area contributed by atoms with Crippen LogP contribution < -0.4 is 21.1 Å². The number of nitrogens with two attached hydrogens (primary N) is 1. The molecule has 1 atom stereocenters. The Bertz CT molecular complexity index is 1510. The number of nitrogens with zero attached hydrogens (tertiary/aromatic N) is 5. The van der Waals surface area contributed by atoms with Crippen molar-refractivity contribution in [3.8, 4) is 6.01 Å². The molecule has 44 heavy (non-hydrogen) atoms. The first kappa shape index (κ1) is 30.5. The van der Waals surface area contributed by atoms with Gasteiger partial charge in [0.05, 0.1) is 22.2 Å². The molecule has 2 aromatic rings. The van der Waals surface area contributed by atoms with Gasteiger partial charge in [-0.2, -0.15) is 23.1 Å². The van der Waals surface area contributed by atoms with Crippen molar-refractivity contribution in [3.05, 3.63) is 40.3 Å². The van der Waals surface area contributed by atoms with E-state index in [4.69, 9.17) is 20.3 Å². The number of halogens is 4. The van der Waals surface area contributed by atoms with Crippen molar-refractivity contribution in [2.24, 2.45) is 10.9 Å². The molecule has 238 valence electrons. The number of nitrogens with one attached hydrogen (secondary N) is 2. The van der Waals surface area contributed by atoms with Crippen molar-refractivity contribution in [3.63, 3.8) is 0 Å². The molecule has 6 rings (SSSR count). The van der Waals surface area contributed by atoms with E-state index in [1.165, 1.54) is 6.92 Å². The summed E-state index contributed by atoms with van der Waals surface area (Å²) in [5, 5.41) is 10.8. The lowest BCUT2D eigenvalue weighted by Gasteiger charge is -2.31. The van der Waals surface area contributed by atoms with Crippen LogP contribution in [-0.2, 0) is 11.3 Å². The minimum Gasteiger partial charge on any atom is -0.461 e. The standard InChI is InChI=1S/C30H38F4N8O2/c1-3-11-36-15-18-7-4-8-19-21-24(23(31)26(38-19)25-22(30(32,33)34)17(2)14-20(35)44-41-25)39-28(40-27(21)37-18)43-16-29-9-5-12-42(29)13-6-10-29/h14,18,36H,3-13,15-16,35H2,1-2H3,(H,37,39,40). The molecule has 2 saturated heterocycles. The van der Waals surface area contributed by atoms with Gasteiger partial charge in [-0.25, -0.2) is 9.37 Å². The van der Waals surface area contributed by atoms with E-state index in [1.54, 1.807) is 0 Å². The van der Waals surface area contributed by atoms with Crippen LogP contribution in [0.15, 0.2) is 28.3 Å². The topological polar surface area (TPSA) is 123 Å². The second-order valence-electron chi connectivity index (χ2n) is 12.1. The van der Waals surface area contributed by atoms with Gasteiger partial charge < -0.3 is 25.9 Å². The quantitative estimate of drug-likeness (QED) is 0.285. The molecule has 4 N–H and O–H groups in total. The van der Waals surface area contributed by atoms with Crippen LogP contribution in [0.25, 0.3) is 10.9 Å². The highest BCUT2D eigenvalue weighted by Gasteiger charge is 2.45. The maximum atomic E-state index is 16.6. The van der Waals surface area contributed by atoms with Gasteiger partial charge in [0.15, 0.2) is 5.82 Å². The zero-order chi connectivity index (χ0) is 31.1. The second-order valence-corrected chi connectivity index (χ2v) is 12.1. The van der Waals surface area contributed by atoms with Gasteiger partial charge in [0, 0.05) is 18.7 Å². The Labute approximate surface area is 253 Å². The maximum absolute atomic E-state index is 16.6. The number of aryl methyl sites for hydroxylation is 1. The number of ether oxygens (including phenoxy) is 1. The van der Waals surface area contributed by atoms with Gasteiger partial charge >= 0.3 is 12.2 Å². The summed E-state index contributed by atoms with van der Waals surface area (Å²) in [7, 11) is 0. The first-order valence-corrected chi connectivity index (χ1v) is 15.4. The molecular formula is C30H38F4N8O2. The third-order valence-corrected chi connectivity index (χ3v) is 8.99. The fraction of sp³-hybridized carbons (Fsp3) is 0.600. The minimum absolute atomic E-state index is 0.0155. The van der Waals surface area contributed by atoms with Crippen molar-refractivity contribution >= 4 is 22.4 Å². The van der Waals surface area contributed by atoms with Crippen LogP contribution in [0.3, 0.4) is 0 Å². The molecule has 0 aromatic carbocycles. The third kappa shape index (κ3) is 5.81. The molecule has 2 aromatic heterocycles. The molecule has 0 bridgehead atoms. The van der Waals surface area contributed by atoms with Gasteiger partial charge in [-0.1, -0.05) is 12.1 Å². The number of allylic oxidation sites excluding steroid dienone is 3. The smallest absolute Gasteiger partial charge is 0.418 e. The second kappa shape index (κ2) is 12.1. The predicted molar refractivity (Wildman–Crippen MR) is 158 cm³/mol. The molecule has 0 radical (unpaired) electrons. The molecule has 4 aliphatic heterocycles. The molecule has 1 unspecified atom stereocenters. The number of oxime groups is 1. The first-order valence-electron chi connectivity index (χ1n) is 15.4. The lowest BCUT2D eigenvalue weighted by molar-refractivity contribution is -0.0867. The van der Waals surface area contributed by atoms with Crippen molar-refractivity contribution in [1.29, 1.82) is 0 Å².